The Kier molecular flexibility index (Phi) is 6.21. The second kappa shape index (κ2) is 9.33. The molecule has 8 heteroatoms. The maximum absolute atomic E-state index is 13.1. The van der Waals surface area contributed by atoms with Gasteiger partial charge in [0.05, 0.1) is 0 Å². The Morgan fingerprint density at radius 3 is 2.79 bits per heavy atom. The number of carbonyl (C=O) groups excluding carboxylic acids is 3. The van der Waals surface area contributed by atoms with E-state index in [0.717, 1.165) is 44.0 Å². The third-order valence-corrected chi connectivity index (χ3v) is 9.61. The number of amides is 3. The van der Waals surface area contributed by atoms with Crippen LogP contribution < -0.4 is 11.1 Å². The number of aromatic hydroxyl groups is 1. The summed E-state index contributed by atoms with van der Waals surface area (Å²) in [5.74, 6) is -0.225. The van der Waals surface area contributed by atoms with Gasteiger partial charge in [-0.3, -0.25) is 19.3 Å². The van der Waals surface area contributed by atoms with E-state index >= 15 is 0 Å². The Morgan fingerprint density at radius 1 is 1.29 bits per heavy atom. The van der Waals surface area contributed by atoms with Crippen LogP contribution in [0.15, 0.2) is 34.8 Å². The van der Waals surface area contributed by atoms with E-state index in [-0.39, 0.29) is 28.6 Å². The van der Waals surface area contributed by atoms with Gasteiger partial charge in [-0.15, -0.1) is 0 Å². The van der Waals surface area contributed by atoms with E-state index in [9.17, 15) is 19.5 Å². The van der Waals surface area contributed by atoms with Crippen molar-refractivity contribution in [3.05, 3.63) is 41.0 Å². The first-order chi connectivity index (χ1) is 18.1. The molecule has 6 rings (SSSR count). The number of phenolic OH excluding ortho intramolecular Hbond substituents is 1. The SMILES string of the molecule is CC(C)C[C@H](NC(=O)C1=CC2C[C@H]3[C@H]4Cc5ccc(O)cc5[C@@]3(CCN4CC3CC3)CC2=NC1=O)C(N)=O. The highest BCUT2D eigenvalue weighted by Gasteiger charge is 2.57. The Balaban J connectivity index is 1.31. The smallest absolute Gasteiger partial charge is 0.282 e. The molecule has 4 N–H and O–H groups in total. The number of hydrogen-bond donors (Lipinski definition) is 3. The van der Waals surface area contributed by atoms with Gasteiger partial charge in [0.2, 0.25) is 5.91 Å². The van der Waals surface area contributed by atoms with Crippen LogP contribution in [0.5, 0.6) is 5.75 Å². The molecule has 1 saturated heterocycles. The van der Waals surface area contributed by atoms with E-state index in [4.69, 9.17) is 5.73 Å². The Labute approximate surface area is 223 Å². The largest absolute Gasteiger partial charge is 0.508 e. The number of allylic oxidation sites excluding steroid dienone is 1. The molecule has 1 aromatic carbocycles. The fourth-order valence-corrected chi connectivity index (χ4v) is 7.65. The second-order valence-corrected chi connectivity index (χ2v) is 12.6. The summed E-state index contributed by atoms with van der Waals surface area (Å²) in [6, 6.07) is 5.38. The van der Waals surface area contributed by atoms with Gasteiger partial charge in [0.1, 0.15) is 17.4 Å². The molecule has 1 unspecified atom stereocenters. The van der Waals surface area contributed by atoms with Crippen LogP contribution >= 0.6 is 0 Å². The first-order valence-corrected chi connectivity index (χ1v) is 14.1. The molecule has 0 spiro atoms. The predicted molar refractivity (Wildman–Crippen MR) is 144 cm³/mol. The van der Waals surface area contributed by atoms with Gasteiger partial charge in [-0.2, -0.15) is 0 Å². The van der Waals surface area contributed by atoms with Gasteiger partial charge in [0, 0.05) is 29.6 Å². The molecule has 3 fully saturated rings. The quantitative estimate of drug-likeness (QED) is 0.479. The zero-order valence-electron chi connectivity index (χ0n) is 22.3. The number of carbonyl (C=O) groups is 3. The van der Waals surface area contributed by atoms with E-state index in [0.29, 0.717) is 24.8 Å². The van der Waals surface area contributed by atoms with E-state index in [1.807, 2.05) is 19.9 Å². The maximum Gasteiger partial charge on any atom is 0.282 e. The number of likely N-dealkylation sites (tertiary alicyclic amines) is 1. The van der Waals surface area contributed by atoms with Crippen LogP contribution in [0.1, 0.15) is 63.5 Å². The number of benzene rings is 1. The standard InChI is InChI=1S/C30H38N4O4/c1-16(2)9-24(27(31)36)32-28(37)21-10-19-11-23-26-12-18-5-6-20(35)13-22(18)30(23,14-25(19)33-29(21)38)7-8-34(26)15-17-3-4-17/h5-6,10,13,16-17,19,23-24,26,35H,3-4,7-9,11-12,14-15H2,1-2H3,(H2,31,36)(H,32,37)/t19?,23-,24-,26+,30+/m0/s1. The van der Waals surface area contributed by atoms with Gasteiger partial charge >= 0.3 is 0 Å². The maximum atomic E-state index is 13.1. The zero-order valence-corrected chi connectivity index (χ0v) is 22.3. The summed E-state index contributed by atoms with van der Waals surface area (Å²) in [6.45, 7) is 6.06. The molecule has 2 saturated carbocycles. The third-order valence-electron chi connectivity index (χ3n) is 9.61. The molecule has 5 aliphatic rings. The van der Waals surface area contributed by atoms with Crippen molar-refractivity contribution >= 4 is 23.4 Å². The minimum absolute atomic E-state index is 0.0126. The number of nitrogens with one attached hydrogen (secondary N) is 1. The first-order valence-electron chi connectivity index (χ1n) is 14.1. The average Bonchev–Trinajstić information content (AvgIpc) is 3.68. The Morgan fingerprint density at radius 2 is 2.08 bits per heavy atom. The lowest BCUT2D eigenvalue weighted by Gasteiger charge is -2.60. The van der Waals surface area contributed by atoms with Crippen LogP contribution in [-0.4, -0.2) is 58.6 Å². The molecule has 0 aromatic heterocycles. The topological polar surface area (TPSA) is 125 Å². The Hall–Kier alpha value is -3.00. The van der Waals surface area contributed by atoms with Gasteiger partial charge in [0.25, 0.3) is 11.8 Å². The Bertz CT molecular complexity index is 1250. The molecule has 38 heavy (non-hydrogen) atoms. The van der Waals surface area contributed by atoms with Crippen molar-refractivity contribution in [1.29, 1.82) is 0 Å². The number of aliphatic imine (C=N–C) groups is 1. The van der Waals surface area contributed by atoms with E-state index in [1.54, 1.807) is 12.1 Å². The van der Waals surface area contributed by atoms with Crippen LogP contribution in [0.2, 0.25) is 0 Å². The molecule has 2 aliphatic heterocycles. The summed E-state index contributed by atoms with van der Waals surface area (Å²) >= 11 is 0. The van der Waals surface area contributed by atoms with Crippen LogP contribution in [0.3, 0.4) is 0 Å². The molecular formula is C30H38N4O4. The van der Waals surface area contributed by atoms with Crippen LogP contribution in [-0.2, 0) is 26.2 Å². The molecule has 0 radical (unpaired) electrons. The number of nitrogens with zero attached hydrogens (tertiary/aromatic N) is 2. The van der Waals surface area contributed by atoms with Gasteiger partial charge in [-0.25, -0.2) is 4.99 Å². The second-order valence-electron chi connectivity index (χ2n) is 12.6. The molecule has 3 amide bonds. The summed E-state index contributed by atoms with van der Waals surface area (Å²) in [5, 5.41) is 13.1. The van der Waals surface area contributed by atoms with Gasteiger partial charge < -0.3 is 16.2 Å². The first kappa shape index (κ1) is 25.3. The summed E-state index contributed by atoms with van der Waals surface area (Å²) in [6.07, 6.45) is 8.25. The third kappa shape index (κ3) is 4.36. The molecular weight excluding hydrogens is 480 g/mol. The van der Waals surface area contributed by atoms with E-state index in [1.165, 1.54) is 24.0 Å². The lowest BCUT2D eigenvalue weighted by atomic mass is 9.50. The summed E-state index contributed by atoms with van der Waals surface area (Å²) < 4.78 is 0. The van der Waals surface area contributed by atoms with Crippen molar-refractivity contribution in [1.82, 2.24) is 10.2 Å². The van der Waals surface area contributed by atoms with Crippen molar-refractivity contribution in [3.8, 4) is 5.75 Å². The number of hydrogen-bond acceptors (Lipinski definition) is 5. The van der Waals surface area contributed by atoms with Crippen molar-refractivity contribution < 1.29 is 19.5 Å². The highest BCUT2D eigenvalue weighted by Crippen LogP contribution is 2.57. The lowest BCUT2D eigenvalue weighted by Crippen LogP contribution is -2.63. The molecule has 8 nitrogen and oxygen atoms in total. The fraction of sp³-hybridized carbons (Fsp3) is 0.600. The molecule has 1 aromatic rings. The van der Waals surface area contributed by atoms with Gasteiger partial charge in [-0.05, 0) is 92.5 Å². The van der Waals surface area contributed by atoms with E-state index in [2.05, 4.69) is 21.3 Å². The van der Waals surface area contributed by atoms with Crippen LogP contribution in [0, 0.1) is 23.7 Å². The number of phenols is 1. The van der Waals surface area contributed by atoms with Crippen molar-refractivity contribution in [3.63, 3.8) is 0 Å². The number of primary amides is 1. The normalized spacial score (nSPS) is 30.9. The lowest BCUT2D eigenvalue weighted by molar-refractivity contribution is -0.127. The average molecular weight is 519 g/mol. The molecule has 2 bridgehead atoms. The summed E-state index contributed by atoms with van der Waals surface area (Å²) in [4.78, 5) is 45.3. The highest BCUT2D eigenvalue weighted by atomic mass is 16.3. The fourth-order valence-electron chi connectivity index (χ4n) is 7.65. The minimum Gasteiger partial charge on any atom is -0.508 e. The van der Waals surface area contributed by atoms with Crippen molar-refractivity contribution in [2.75, 3.05) is 13.1 Å². The van der Waals surface area contributed by atoms with E-state index < -0.39 is 23.8 Å². The van der Waals surface area contributed by atoms with Crippen LogP contribution in [0.25, 0.3) is 0 Å². The zero-order chi connectivity index (χ0) is 26.8. The van der Waals surface area contributed by atoms with Gasteiger partial charge in [0.15, 0.2) is 0 Å². The van der Waals surface area contributed by atoms with Crippen molar-refractivity contribution in [2.24, 2.45) is 34.4 Å². The van der Waals surface area contributed by atoms with Crippen molar-refractivity contribution in [2.45, 2.75) is 76.3 Å². The summed E-state index contributed by atoms with van der Waals surface area (Å²) in [7, 11) is 0. The number of nitrogens with two attached hydrogens (primary N) is 1. The predicted octanol–water partition coefficient (Wildman–Crippen LogP) is 2.62. The minimum atomic E-state index is -0.825. The monoisotopic (exact) mass is 518 g/mol. The molecule has 5 atom stereocenters. The number of piperidine rings is 1. The number of fused-ring (bicyclic) bond motifs is 2. The summed E-state index contributed by atoms with van der Waals surface area (Å²) in [5.41, 5.74) is 8.72. The molecule has 2 heterocycles. The highest BCUT2D eigenvalue weighted by molar-refractivity contribution is 6.23. The van der Waals surface area contributed by atoms with Gasteiger partial charge in [-0.1, -0.05) is 26.0 Å². The van der Waals surface area contributed by atoms with Crippen LogP contribution in [0.4, 0.5) is 0 Å². The number of dihydropyridines is 1. The molecule has 3 aliphatic carbocycles. The number of rotatable bonds is 7. The molecule has 202 valence electrons.